The van der Waals surface area contributed by atoms with Gasteiger partial charge in [0.25, 0.3) is 0 Å². The fourth-order valence-corrected chi connectivity index (χ4v) is 2.35. The van der Waals surface area contributed by atoms with Crippen LogP contribution >= 0.6 is 0 Å². The van der Waals surface area contributed by atoms with Crippen LogP contribution in [0.3, 0.4) is 0 Å². The van der Waals surface area contributed by atoms with Crippen molar-refractivity contribution >= 4 is 22.4 Å². The van der Waals surface area contributed by atoms with Crippen LogP contribution in [0.4, 0.5) is 11.5 Å². The molecule has 0 unspecified atom stereocenters. The van der Waals surface area contributed by atoms with Gasteiger partial charge in [0.05, 0.1) is 5.52 Å². The maximum atomic E-state index is 5.77. The van der Waals surface area contributed by atoms with Crippen LogP contribution in [0.15, 0.2) is 30.3 Å². The molecular formula is C15H21N3. The average Bonchev–Trinajstić information content (AvgIpc) is 2.39. The first kappa shape index (κ1) is 12.7. The Morgan fingerprint density at radius 2 is 1.89 bits per heavy atom. The number of pyridine rings is 1. The van der Waals surface area contributed by atoms with Gasteiger partial charge in [0, 0.05) is 24.2 Å². The number of rotatable bonds is 4. The second-order valence-corrected chi connectivity index (χ2v) is 4.70. The number of fused-ring (bicyclic) bond motifs is 1. The van der Waals surface area contributed by atoms with Crippen LogP contribution in [0.1, 0.15) is 26.7 Å². The largest absolute Gasteiger partial charge is 0.399 e. The zero-order chi connectivity index (χ0) is 13.1. The summed E-state index contributed by atoms with van der Waals surface area (Å²) in [7, 11) is 2.11. The van der Waals surface area contributed by atoms with E-state index in [0.717, 1.165) is 35.2 Å². The molecule has 18 heavy (non-hydrogen) atoms. The molecule has 0 bridgehead atoms. The standard InChI is InChI=1S/C15H21N3/c1-4-13(5-2)18(3)15-9-6-11-10-12(16)7-8-14(11)17-15/h6-10,13H,4-5,16H2,1-3H3. The number of hydrogen-bond donors (Lipinski definition) is 1. The van der Waals surface area contributed by atoms with Crippen LogP contribution < -0.4 is 10.6 Å². The van der Waals surface area contributed by atoms with Crippen LogP contribution in [0.5, 0.6) is 0 Å². The molecule has 1 heterocycles. The molecule has 0 aliphatic heterocycles. The van der Waals surface area contributed by atoms with E-state index in [0.29, 0.717) is 6.04 Å². The summed E-state index contributed by atoms with van der Waals surface area (Å²) in [5.74, 6) is 1.03. The summed E-state index contributed by atoms with van der Waals surface area (Å²) in [5.41, 5.74) is 7.56. The number of hydrogen-bond acceptors (Lipinski definition) is 3. The van der Waals surface area contributed by atoms with Crippen LogP contribution in [-0.4, -0.2) is 18.1 Å². The molecule has 2 aromatic rings. The molecule has 0 aliphatic rings. The normalized spacial score (nSPS) is 11.1. The highest BCUT2D eigenvalue weighted by molar-refractivity contribution is 5.83. The van der Waals surface area contributed by atoms with Crippen molar-refractivity contribution in [2.75, 3.05) is 17.7 Å². The van der Waals surface area contributed by atoms with Gasteiger partial charge in [-0.05, 0) is 43.2 Å². The van der Waals surface area contributed by atoms with Crippen molar-refractivity contribution in [1.29, 1.82) is 0 Å². The summed E-state index contributed by atoms with van der Waals surface area (Å²) in [6.45, 7) is 4.43. The van der Waals surface area contributed by atoms with Gasteiger partial charge in [-0.25, -0.2) is 4.98 Å². The number of nitrogens with two attached hydrogens (primary N) is 1. The van der Waals surface area contributed by atoms with Crippen LogP contribution in [0.25, 0.3) is 10.9 Å². The molecule has 0 saturated carbocycles. The van der Waals surface area contributed by atoms with Crippen LogP contribution in [0.2, 0.25) is 0 Å². The quantitative estimate of drug-likeness (QED) is 0.836. The average molecular weight is 243 g/mol. The molecule has 0 saturated heterocycles. The van der Waals surface area contributed by atoms with Gasteiger partial charge in [0.15, 0.2) is 0 Å². The first-order chi connectivity index (χ1) is 8.65. The molecule has 0 spiro atoms. The predicted molar refractivity (Wildman–Crippen MR) is 78.9 cm³/mol. The van der Waals surface area contributed by atoms with Gasteiger partial charge in [-0.2, -0.15) is 0 Å². The van der Waals surface area contributed by atoms with Crippen molar-refractivity contribution in [2.45, 2.75) is 32.7 Å². The highest BCUT2D eigenvalue weighted by atomic mass is 15.2. The van der Waals surface area contributed by atoms with Crippen LogP contribution in [-0.2, 0) is 0 Å². The van der Waals surface area contributed by atoms with Gasteiger partial charge in [-0.15, -0.1) is 0 Å². The zero-order valence-corrected chi connectivity index (χ0v) is 11.4. The Bertz CT molecular complexity index is 532. The minimum absolute atomic E-state index is 0.545. The molecule has 0 fully saturated rings. The van der Waals surface area contributed by atoms with E-state index in [-0.39, 0.29) is 0 Å². The van der Waals surface area contributed by atoms with E-state index in [1.54, 1.807) is 0 Å². The molecule has 0 amide bonds. The second kappa shape index (κ2) is 5.25. The minimum atomic E-state index is 0.545. The SMILES string of the molecule is CCC(CC)N(C)c1ccc2cc(N)ccc2n1. The summed E-state index contributed by atoms with van der Waals surface area (Å²) in [5, 5.41) is 1.09. The third-order valence-electron chi connectivity index (χ3n) is 3.55. The lowest BCUT2D eigenvalue weighted by atomic mass is 10.1. The third kappa shape index (κ3) is 2.40. The lowest BCUT2D eigenvalue weighted by Gasteiger charge is -2.27. The van der Waals surface area contributed by atoms with Crippen molar-refractivity contribution in [1.82, 2.24) is 4.98 Å². The molecular weight excluding hydrogens is 222 g/mol. The molecule has 2 N–H and O–H groups in total. The molecule has 2 rings (SSSR count). The highest BCUT2D eigenvalue weighted by Gasteiger charge is 2.12. The van der Waals surface area contributed by atoms with E-state index in [9.17, 15) is 0 Å². The lowest BCUT2D eigenvalue weighted by molar-refractivity contribution is 0.587. The van der Waals surface area contributed by atoms with Crippen molar-refractivity contribution in [3.8, 4) is 0 Å². The maximum Gasteiger partial charge on any atom is 0.129 e. The number of nitrogens with zero attached hydrogens (tertiary/aromatic N) is 2. The van der Waals surface area contributed by atoms with Gasteiger partial charge in [0.2, 0.25) is 0 Å². The number of anilines is 2. The van der Waals surface area contributed by atoms with Crippen molar-refractivity contribution in [3.63, 3.8) is 0 Å². The van der Waals surface area contributed by atoms with Gasteiger partial charge >= 0.3 is 0 Å². The Hall–Kier alpha value is -1.77. The summed E-state index contributed by atoms with van der Waals surface area (Å²) in [6.07, 6.45) is 2.27. The molecule has 1 aromatic carbocycles. The van der Waals surface area contributed by atoms with Crippen molar-refractivity contribution < 1.29 is 0 Å². The van der Waals surface area contributed by atoms with E-state index in [2.05, 4.69) is 37.9 Å². The summed E-state index contributed by atoms with van der Waals surface area (Å²) >= 11 is 0. The maximum absolute atomic E-state index is 5.77. The Labute approximate surface area is 109 Å². The third-order valence-corrected chi connectivity index (χ3v) is 3.55. The number of benzene rings is 1. The van der Waals surface area contributed by atoms with E-state index >= 15 is 0 Å². The Kier molecular flexibility index (Phi) is 3.70. The Balaban J connectivity index is 2.37. The topological polar surface area (TPSA) is 42.1 Å². The molecule has 1 aromatic heterocycles. The first-order valence-electron chi connectivity index (χ1n) is 6.54. The zero-order valence-electron chi connectivity index (χ0n) is 11.4. The summed E-state index contributed by atoms with van der Waals surface area (Å²) < 4.78 is 0. The smallest absolute Gasteiger partial charge is 0.129 e. The molecule has 0 aliphatic carbocycles. The monoisotopic (exact) mass is 243 g/mol. The second-order valence-electron chi connectivity index (χ2n) is 4.70. The summed E-state index contributed by atoms with van der Waals surface area (Å²) in [6, 6.07) is 10.5. The van der Waals surface area contributed by atoms with Gasteiger partial charge in [-0.1, -0.05) is 13.8 Å². The molecule has 0 radical (unpaired) electrons. The van der Waals surface area contributed by atoms with Gasteiger partial charge < -0.3 is 10.6 Å². The van der Waals surface area contributed by atoms with Gasteiger partial charge in [0.1, 0.15) is 5.82 Å². The molecule has 3 heteroatoms. The van der Waals surface area contributed by atoms with E-state index in [1.165, 1.54) is 0 Å². The number of nitrogen functional groups attached to an aromatic ring is 1. The predicted octanol–water partition coefficient (Wildman–Crippen LogP) is 3.44. The Morgan fingerprint density at radius 3 is 2.56 bits per heavy atom. The molecule has 3 nitrogen and oxygen atoms in total. The van der Waals surface area contributed by atoms with Gasteiger partial charge in [-0.3, -0.25) is 0 Å². The minimum Gasteiger partial charge on any atom is -0.399 e. The summed E-state index contributed by atoms with van der Waals surface area (Å²) in [4.78, 5) is 6.96. The van der Waals surface area contributed by atoms with Crippen molar-refractivity contribution in [2.24, 2.45) is 0 Å². The van der Waals surface area contributed by atoms with E-state index in [1.807, 2.05) is 18.2 Å². The molecule has 0 atom stereocenters. The lowest BCUT2D eigenvalue weighted by Crippen LogP contribution is -2.30. The first-order valence-corrected chi connectivity index (χ1v) is 6.54. The fraction of sp³-hybridized carbons (Fsp3) is 0.400. The van der Waals surface area contributed by atoms with E-state index < -0.39 is 0 Å². The highest BCUT2D eigenvalue weighted by Crippen LogP contribution is 2.22. The molecule has 96 valence electrons. The van der Waals surface area contributed by atoms with Crippen molar-refractivity contribution in [3.05, 3.63) is 30.3 Å². The fourth-order valence-electron chi connectivity index (χ4n) is 2.35. The Morgan fingerprint density at radius 1 is 1.17 bits per heavy atom. The van der Waals surface area contributed by atoms with Crippen LogP contribution in [0, 0.1) is 0 Å². The number of aromatic nitrogens is 1. The van der Waals surface area contributed by atoms with E-state index in [4.69, 9.17) is 10.7 Å².